The number of aromatic hydroxyl groups is 1. The third-order valence-electron chi connectivity index (χ3n) is 2.40. The summed E-state index contributed by atoms with van der Waals surface area (Å²) in [5.74, 6) is 0.0873. The van der Waals surface area contributed by atoms with Crippen molar-refractivity contribution in [2.45, 2.75) is 25.5 Å². The van der Waals surface area contributed by atoms with Crippen molar-refractivity contribution < 1.29 is 13.5 Å². The first-order valence-corrected chi connectivity index (χ1v) is 6.82. The Kier molecular flexibility index (Phi) is 3.82. The molecule has 4 nitrogen and oxygen atoms in total. The maximum atomic E-state index is 12.1. The number of phenols is 1. The quantitative estimate of drug-likeness (QED) is 0.833. The van der Waals surface area contributed by atoms with Crippen molar-refractivity contribution in [3.63, 3.8) is 0 Å². The molecule has 0 heterocycles. The van der Waals surface area contributed by atoms with Gasteiger partial charge < -0.3 is 5.11 Å². The first-order chi connectivity index (χ1) is 8.18. The summed E-state index contributed by atoms with van der Waals surface area (Å²) in [6.07, 6.45) is 1.31. The van der Waals surface area contributed by atoms with E-state index < -0.39 is 14.6 Å². The summed E-state index contributed by atoms with van der Waals surface area (Å²) in [5.41, 5.74) is 0.553. The van der Waals surface area contributed by atoms with Crippen LogP contribution in [0.3, 0.4) is 0 Å². The lowest BCUT2D eigenvalue weighted by Crippen LogP contribution is -2.28. The largest absolute Gasteiger partial charge is 0.508 e. The Labute approximate surface area is 107 Å². The number of sulfone groups is 1. The van der Waals surface area contributed by atoms with E-state index in [2.05, 4.69) is 0 Å². The van der Waals surface area contributed by atoms with Gasteiger partial charge in [0.1, 0.15) is 16.7 Å². The minimum atomic E-state index is -3.66. The molecule has 0 aromatic heterocycles. The summed E-state index contributed by atoms with van der Waals surface area (Å²) in [4.78, 5) is -0.277. The Morgan fingerprint density at radius 2 is 1.78 bits per heavy atom. The van der Waals surface area contributed by atoms with E-state index in [1.807, 2.05) is 0 Å². The molecule has 1 rings (SSSR count). The lowest BCUT2D eigenvalue weighted by Gasteiger charge is -2.18. The van der Waals surface area contributed by atoms with Gasteiger partial charge in [0.05, 0.1) is 4.75 Å². The van der Waals surface area contributed by atoms with Crippen molar-refractivity contribution >= 4 is 15.9 Å². The van der Waals surface area contributed by atoms with E-state index in [0.717, 1.165) is 0 Å². The third-order valence-corrected chi connectivity index (χ3v) is 4.80. The molecule has 1 aromatic carbocycles. The molecule has 0 bridgehead atoms. The zero-order chi connectivity index (χ0) is 14.0. The molecule has 0 fully saturated rings. The van der Waals surface area contributed by atoms with E-state index >= 15 is 0 Å². The lowest BCUT2D eigenvalue weighted by atomic mass is 10.2. The van der Waals surface area contributed by atoms with Crippen molar-refractivity contribution in [2.75, 3.05) is 0 Å². The molecule has 0 amide bonds. The number of rotatable bonds is 2. The second-order valence-electron chi connectivity index (χ2n) is 4.83. The monoisotopic (exact) mass is 265 g/mol. The first-order valence-electron chi connectivity index (χ1n) is 5.34. The number of hydrogen-bond donors (Lipinski definition) is 1. The average molecular weight is 265 g/mol. The molecule has 96 valence electrons. The molecule has 0 aliphatic carbocycles. The fourth-order valence-corrected chi connectivity index (χ4v) is 2.29. The fourth-order valence-electron chi connectivity index (χ4n) is 1.22. The highest BCUT2D eigenvalue weighted by atomic mass is 32.2. The minimum Gasteiger partial charge on any atom is -0.508 e. The Morgan fingerprint density at radius 1 is 1.28 bits per heavy atom. The van der Waals surface area contributed by atoms with E-state index in [4.69, 9.17) is 10.4 Å². The third kappa shape index (κ3) is 2.90. The van der Waals surface area contributed by atoms with Crippen LogP contribution in [0.15, 0.2) is 29.2 Å². The molecule has 18 heavy (non-hydrogen) atoms. The smallest absolute Gasteiger partial charge is 0.193 e. The van der Waals surface area contributed by atoms with Crippen LogP contribution in [-0.2, 0) is 9.84 Å². The van der Waals surface area contributed by atoms with Crippen LogP contribution in [0, 0.1) is 11.3 Å². The van der Waals surface area contributed by atoms with Crippen LogP contribution in [0.5, 0.6) is 5.75 Å². The zero-order valence-corrected chi connectivity index (χ0v) is 11.3. The maximum absolute atomic E-state index is 12.1. The van der Waals surface area contributed by atoms with Gasteiger partial charge in [-0.2, -0.15) is 5.26 Å². The second-order valence-corrected chi connectivity index (χ2v) is 7.50. The highest BCUT2D eigenvalue weighted by Crippen LogP contribution is 2.25. The Hall–Kier alpha value is -1.80. The van der Waals surface area contributed by atoms with Gasteiger partial charge in [-0.05, 0) is 44.5 Å². The van der Waals surface area contributed by atoms with Gasteiger partial charge in [0.25, 0.3) is 0 Å². The fraction of sp³-hybridized carbons (Fsp3) is 0.308. The number of phenolic OH excluding ortho intramolecular Hbond substituents is 1. The van der Waals surface area contributed by atoms with E-state index in [9.17, 15) is 8.42 Å². The molecule has 0 radical (unpaired) electrons. The number of allylic oxidation sites excluding steroid dienone is 1. The highest BCUT2D eigenvalue weighted by Gasteiger charge is 2.32. The van der Waals surface area contributed by atoms with Gasteiger partial charge in [-0.3, -0.25) is 0 Å². The van der Waals surface area contributed by atoms with E-state index in [1.165, 1.54) is 18.2 Å². The molecule has 0 atom stereocenters. The highest BCUT2D eigenvalue weighted by molar-refractivity contribution is 7.97. The minimum absolute atomic E-state index is 0.0873. The molecule has 1 N–H and O–H groups in total. The first kappa shape index (κ1) is 14.3. The molecule has 1 aromatic rings. The van der Waals surface area contributed by atoms with Gasteiger partial charge in [-0.1, -0.05) is 12.1 Å². The molecule has 5 heteroatoms. The molecular weight excluding hydrogens is 250 g/mol. The zero-order valence-electron chi connectivity index (χ0n) is 10.5. The van der Waals surface area contributed by atoms with Gasteiger partial charge in [-0.25, -0.2) is 8.42 Å². The lowest BCUT2D eigenvalue weighted by molar-refractivity contribution is 0.475. The van der Waals surface area contributed by atoms with Crippen LogP contribution >= 0.6 is 0 Å². The molecule has 0 aliphatic rings. The van der Waals surface area contributed by atoms with Crippen LogP contribution in [0.2, 0.25) is 0 Å². The van der Waals surface area contributed by atoms with Crippen LogP contribution in [0.25, 0.3) is 6.08 Å². The molecule has 0 saturated carbocycles. The number of nitriles is 1. The van der Waals surface area contributed by atoms with Gasteiger partial charge in [0, 0.05) is 0 Å². The van der Waals surface area contributed by atoms with Crippen molar-refractivity contribution in [2.24, 2.45) is 0 Å². The maximum Gasteiger partial charge on any atom is 0.193 e. The van der Waals surface area contributed by atoms with E-state index in [-0.39, 0.29) is 10.7 Å². The predicted molar refractivity (Wildman–Crippen MR) is 70.4 cm³/mol. The summed E-state index contributed by atoms with van der Waals surface area (Å²) in [6.45, 7) is 4.64. The summed E-state index contributed by atoms with van der Waals surface area (Å²) >= 11 is 0. The van der Waals surface area contributed by atoms with Crippen molar-refractivity contribution in [3.05, 3.63) is 34.7 Å². The van der Waals surface area contributed by atoms with Gasteiger partial charge >= 0.3 is 0 Å². The van der Waals surface area contributed by atoms with E-state index in [0.29, 0.717) is 5.56 Å². The molecule has 0 aliphatic heterocycles. The van der Waals surface area contributed by atoms with Crippen molar-refractivity contribution in [1.82, 2.24) is 0 Å². The number of hydrogen-bond acceptors (Lipinski definition) is 4. The summed E-state index contributed by atoms with van der Waals surface area (Å²) in [7, 11) is -3.66. The molecule has 0 unspecified atom stereocenters. The topological polar surface area (TPSA) is 78.2 Å². The van der Waals surface area contributed by atoms with Crippen molar-refractivity contribution in [3.8, 4) is 11.8 Å². The van der Waals surface area contributed by atoms with Crippen LogP contribution in [-0.4, -0.2) is 18.3 Å². The van der Waals surface area contributed by atoms with Gasteiger partial charge in [0.15, 0.2) is 9.84 Å². The summed E-state index contributed by atoms with van der Waals surface area (Å²) in [5, 5.41) is 18.1. The van der Waals surface area contributed by atoms with Crippen molar-refractivity contribution in [1.29, 1.82) is 5.26 Å². The summed E-state index contributed by atoms with van der Waals surface area (Å²) in [6, 6.07) is 7.69. The van der Waals surface area contributed by atoms with Gasteiger partial charge in [-0.15, -0.1) is 0 Å². The number of benzene rings is 1. The number of nitrogens with zero attached hydrogens (tertiary/aromatic N) is 1. The average Bonchev–Trinajstić information content (AvgIpc) is 2.26. The molecule has 0 spiro atoms. The van der Waals surface area contributed by atoms with Crippen LogP contribution in [0.1, 0.15) is 26.3 Å². The van der Waals surface area contributed by atoms with E-state index in [1.54, 1.807) is 39.0 Å². The SMILES string of the molecule is CC(C)(C)S(=O)(=O)/C(C#N)=C\c1ccc(O)cc1. The normalized spacial score (nSPS) is 13.1. The Balaban J connectivity index is 3.29. The summed E-state index contributed by atoms with van der Waals surface area (Å²) < 4.78 is 23.2. The molecular formula is C13H15NO3S. The standard InChI is InChI=1S/C13H15NO3S/c1-13(2,3)18(16,17)12(9-14)8-10-4-6-11(15)7-5-10/h4-8,15H,1-3H3/b12-8-. The van der Waals surface area contributed by atoms with Crippen LogP contribution in [0.4, 0.5) is 0 Å². The predicted octanol–water partition coefficient (Wildman–Crippen LogP) is 2.47. The molecule has 0 saturated heterocycles. The van der Waals surface area contributed by atoms with Crippen LogP contribution < -0.4 is 0 Å². The van der Waals surface area contributed by atoms with Gasteiger partial charge in [0.2, 0.25) is 0 Å². The Bertz CT molecular complexity index is 599. The Morgan fingerprint density at radius 3 is 2.17 bits per heavy atom. The second kappa shape index (κ2) is 4.83.